The number of hydrogen-bond acceptors (Lipinski definition) is 9. The van der Waals surface area contributed by atoms with Crippen LogP contribution in [0.1, 0.15) is 10.4 Å². The molecule has 4 rings (SSSR count). The Hall–Kier alpha value is -4.63. The minimum Gasteiger partial charge on any atom is -0.497 e. The number of primary amides is 1. The van der Waals surface area contributed by atoms with E-state index in [0.717, 1.165) is 28.7 Å². The molecule has 0 atom stereocenters. The molecule has 0 saturated carbocycles. The van der Waals surface area contributed by atoms with E-state index >= 15 is 0 Å². The number of aromatic nitrogens is 2. The van der Waals surface area contributed by atoms with Crippen LogP contribution in [0.3, 0.4) is 0 Å². The fourth-order valence-electron chi connectivity index (χ4n) is 3.15. The number of amides is 4. The van der Waals surface area contributed by atoms with E-state index in [4.69, 9.17) is 16.2 Å². The molecule has 0 saturated heterocycles. The summed E-state index contributed by atoms with van der Waals surface area (Å²) in [5.74, 6) is -2.67. The Bertz CT molecular complexity index is 1540. The zero-order valence-electron chi connectivity index (χ0n) is 19.5. The van der Waals surface area contributed by atoms with Crippen molar-refractivity contribution in [3.05, 3.63) is 59.0 Å². The highest BCUT2D eigenvalue weighted by molar-refractivity contribution is 7.23. The van der Waals surface area contributed by atoms with Gasteiger partial charge in [0.1, 0.15) is 33.1 Å². The molecular weight excluding hydrogens is 540 g/mol. The highest BCUT2D eigenvalue weighted by atomic mass is 32.1. The molecular formula is C23H19F2N7O4S2. The van der Waals surface area contributed by atoms with Crippen LogP contribution in [0.4, 0.5) is 30.2 Å². The Morgan fingerprint density at radius 1 is 1.08 bits per heavy atom. The van der Waals surface area contributed by atoms with E-state index in [2.05, 4.69) is 25.9 Å². The highest BCUT2D eigenvalue weighted by Gasteiger charge is 2.20. The standard InChI is InChI=1S/C23H19F2N7O4S2/c1-36-11-4-2-3-10(5-11)20(34)29-15-6-12(13(24)7-14(15)25)16-9-37-21(30-16)18-19(27)31-23(38-18)32-22(35)28-8-17(26)33/h2-7,9H,8,27H2,1H3,(H2,26,33)(H,29,34)(H2,28,31,32,35). The van der Waals surface area contributed by atoms with E-state index < -0.39 is 29.5 Å². The van der Waals surface area contributed by atoms with Crippen LogP contribution < -0.4 is 32.2 Å². The quantitative estimate of drug-likeness (QED) is 0.219. The Balaban J connectivity index is 1.56. The molecule has 0 spiro atoms. The number of benzene rings is 2. The summed E-state index contributed by atoms with van der Waals surface area (Å²) in [6, 6.07) is 7.36. The van der Waals surface area contributed by atoms with Crippen LogP contribution in [0.5, 0.6) is 5.75 Å². The van der Waals surface area contributed by atoms with Crippen molar-refractivity contribution < 1.29 is 27.9 Å². The maximum Gasteiger partial charge on any atom is 0.321 e. The highest BCUT2D eigenvalue weighted by Crippen LogP contribution is 2.39. The summed E-state index contributed by atoms with van der Waals surface area (Å²) in [6.45, 7) is -0.361. The normalized spacial score (nSPS) is 10.6. The van der Waals surface area contributed by atoms with Gasteiger partial charge in [-0.15, -0.1) is 11.3 Å². The first kappa shape index (κ1) is 26.4. The number of methoxy groups -OCH3 is 1. The molecule has 2 aromatic heterocycles. The van der Waals surface area contributed by atoms with Crippen LogP contribution in [0.2, 0.25) is 0 Å². The number of ether oxygens (including phenoxy) is 1. The van der Waals surface area contributed by atoms with E-state index in [-0.39, 0.29) is 40.0 Å². The average molecular weight is 560 g/mol. The molecule has 0 unspecified atom stereocenters. The average Bonchev–Trinajstić information content (AvgIpc) is 3.50. The summed E-state index contributed by atoms with van der Waals surface area (Å²) in [7, 11) is 1.45. The van der Waals surface area contributed by atoms with E-state index in [0.29, 0.717) is 21.7 Å². The first-order valence-corrected chi connectivity index (χ1v) is 12.3. The van der Waals surface area contributed by atoms with Crippen molar-refractivity contribution in [3.8, 4) is 26.9 Å². The molecule has 2 heterocycles. The van der Waals surface area contributed by atoms with Crippen molar-refractivity contribution in [3.63, 3.8) is 0 Å². The third kappa shape index (κ3) is 6.01. The summed E-state index contributed by atoms with van der Waals surface area (Å²) < 4.78 is 34.3. The second-order valence-electron chi connectivity index (χ2n) is 7.54. The second kappa shape index (κ2) is 11.2. The van der Waals surface area contributed by atoms with Gasteiger partial charge in [0.25, 0.3) is 5.91 Å². The van der Waals surface area contributed by atoms with E-state index in [9.17, 15) is 23.2 Å². The van der Waals surface area contributed by atoms with Crippen molar-refractivity contribution in [1.82, 2.24) is 15.3 Å². The number of nitrogen functional groups attached to an aromatic ring is 1. The fourth-order valence-corrected chi connectivity index (χ4v) is 4.95. The first-order chi connectivity index (χ1) is 18.1. The number of urea groups is 1. The number of nitrogens with two attached hydrogens (primary N) is 2. The molecule has 0 aliphatic rings. The minimum absolute atomic E-state index is 0.0536. The van der Waals surface area contributed by atoms with Gasteiger partial charge in [0, 0.05) is 22.6 Å². The summed E-state index contributed by atoms with van der Waals surface area (Å²) in [5, 5.41) is 9.14. The van der Waals surface area contributed by atoms with Crippen LogP contribution >= 0.6 is 22.7 Å². The monoisotopic (exact) mass is 559 g/mol. The third-order valence-electron chi connectivity index (χ3n) is 4.91. The number of carbonyl (C=O) groups excluding carboxylic acids is 3. The summed E-state index contributed by atoms with van der Waals surface area (Å²) in [4.78, 5) is 44.1. The number of nitrogens with one attached hydrogen (secondary N) is 3. The molecule has 0 aliphatic heterocycles. The SMILES string of the molecule is COc1cccc(C(=O)Nc2cc(-c3csc(-c4sc(NC(=O)NCC(N)=O)nc4N)n3)c(F)cc2F)c1. The predicted molar refractivity (Wildman–Crippen MR) is 140 cm³/mol. The predicted octanol–water partition coefficient (Wildman–Crippen LogP) is 3.66. The number of rotatable bonds is 8. The first-order valence-electron chi connectivity index (χ1n) is 10.6. The third-order valence-corrected chi connectivity index (χ3v) is 6.89. The van der Waals surface area contributed by atoms with Gasteiger partial charge < -0.3 is 26.8 Å². The smallest absolute Gasteiger partial charge is 0.321 e. The fraction of sp³-hybridized carbons (Fsp3) is 0.0870. The summed E-state index contributed by atoms with van der Waals surface area (Å²) >= 11 is 2.12. The molecule has 15 heteroatoms. The molecule has 7 N–H and O–H groups in total. The molecule has 38 heavy (non-hydrogen) atoms. The number of hydrogen-bond donors (Lipinski definition) is 5. The lowest BCUT2D eigenvalue weighted by atomic mass is 10.1. The zero-order chi connectivity index (χ0) is 27.4. The molecule has 0 fully saturated rings. The van der Waals surface area contributed by atoms with Gasteiger partial charge in [-0.3, -0.25) is 14.9 Å². The van der Waals surface area contributed by atoms with E-state index in [1.165, 1.54) is 24.6 Å². The van der Waals surface area contributed by atoms with E-state index in [1.807, 2.05) is 0 Å². The Morgan fingerprint density at radius 3 is 2.61 bits per heavy atom. The maximum absolute atomic E-state index is 14.7. The molecule has 0 aliphatic carbocycles. The zero-order valence-corrected chi connectivity index (χ0v) is 21.1. The van der Waals surface area contributed by atoms with Gasteiger partial charge in [0.05, 0.1) is 25.0 Å². The van der Waals surface area contributed by atoms with Gasteiger partial charge in [-0.2, -0.15) is 0 Å². The van der Waals surface area contributed by atoms with Gasteiger partial charge in [-0.05, 0) is 24.3 Å². The number of thiazole rings is 2. The van der Waals surface area contributed by atoms with Gasteiger partial charge in [-0.1, -0.05) is 17.4 Å². The molecule has 0 radical (unpaired) electrons. The topological polar surface area (TPSA) is 174 Å². The number of anilines is 3. The Kier molecular flexibility index (Phi) is 7.78. The lowest BCUT2D eigenvalue weighted by Crippen LogP contribution is -2.36. The molecule has 4 aromatic rings. The Morgan fingerprint density at radius 2 is 1.87 bits per heavy atom. The largest absolute Gasteiger partial charge is 0.497 e. The Labute approximate surface area is 221 Å². The van der Waals surface area contributed by atoms with E-state index in [1.54, 1.807) is 12.1 Å². The van der Waals surface area contributed by atoms with Crippen LogP contribution in [-0.4, -0.2) is 41.5 Å². The summed E-state index contributed by atoms with van der Waals surface area (Å²) in [5.41, 5.74) is 11.0. The van der Waals surface area contributed by atoms with Gasteiger partial charge in [0.15, 0.2) is 5.13 Å². The van der Waals surface area contributed by atoms with Gasteiger partial charge >= 0.3 is 6.03 Å². The molecule has 4 amide bonds. The maximum atomic E-state index is 14.7. The molecule has 196 valence electrons. The number of halogens is 2. The van der Waals surface area contributed by atoms with Crippen LogP contribution in [0, 0.1) is 11.6 Å². The molecule has 0 bridgehead atoms. The molecule has 2 aromatic carbocycles. The van der Waals surface area contributed by atoms with Crippen molar-refractivity contribution in [2.45, 2.75) is 0 Å². The van der Waals surface area contributed by atoms with Crippen molar-refractivity contribution in [1.29, 1.82) is 0 Å². The van der Waals surface area contributed by atoms with Crippen LogP contribution in [-0.2, 0) is 4.79 Å². The van der Waals surface area contributed by atoms with Crippen molar-refractivity contribution >= 4 is 57.2 Å². The van der Waals surface area contributed by atoms with Crippen molar-refractivity contribution in [2.24, 2.45) is 5.73 Å². The van der Waals surface area contributed by atoms with Gasteiger partial charge in [0.2, 0.25) is 5.91 Å². The second-order valence-corrected chi connectivity index (χ2v) is 9.40. The lowest BCUT2D eigenvalue weighted by Gasteiger charge is -2.10. The van der Waals surface area contributed by atoms with Crippen molar-refractivity contribution in [2.75, 3.05) is 30.0 Å². The minimum atomic E-state index is -0.963. The summed E-state index contributed by atoms with van der Waals surface area (Å²) in [6.07, 6.45) is 0. The molecule has 11 nitrogen and oxygen atoms in total. The van der Waals surface area contributed by atoms with Crippen LogP contribution in [0.25, 0.3) is 21.1 Å². The number of carbonyl (C=O) groups is 3. The number of nitrogens with zero attached hydrogens (tertiary/aromatic N) is 2. The van der Waals surface area contributed by atoms with Gasteiger partial charge in [-0.25, -0.2) is 23.5 Å². The van der Waals surface area contributed by atoms with Crippen LogP contribution in [0.15, 0.2) is 41.8 Å². The lowest BCUT2D eigenvalue weighted by molar-refractivity contribution is -0.117.